The van der Waals surface area contributed by atoms with E-state index in [-0.39, 0.29) is 15.8 Å². The molecule has 0 unspecified atom stereocenters. The second-order valence-corrected chi connectivity index (χ2v) is 7.12. The first kappa shape index (κ1) is 12.8. The van der Waals surface area contributed by atoms with Gasteiger partial charge in [0, 0.05) is 6.20 Å². The molecule has 0 spiro atoms. The lowest BCUT2D eigenvalue weighted by Gasteiger charge is -2.03. The summed E-state index contributed by atoms with van der Waals surface area (Å²) < 4.78 is 26.6. The van der Waals surface area contributed by atoms with E-state index in [4.69, 9.17) is 23.2 Å². The zero-order chi connectivity index (χ0) is 12.5. The Morgan fingerprint density at radius 3 is 2.76 bits per heavy atom. The average Bonchev–Trinajstić information content (AvgIpc) is 2.85. The fraction of sp³-hybridized carbons (Fsp3) is 0.125. The molecule has 2 heterocycles. The molecule has 2 rings (SSSR count). The van der Waals surface area contributed by atoms with Crippen molar-refractivity contribution in [3.05, 3.63) is 32.7 Å². The van der Waals surface area contributed by atoms with Crippen molar-refractivity contribution in [2.45, 2.75) is 11.4 Å². The number of rotatable bonds is 4. The Hall–Kier alpha value is -0.600. The average molecular weight is 312 g/mol. The van der Waals surface area contributed by atoms with Crippen LogP contribution in [0.2, 0.25) is 8.67 Å². The summed E-state index contributed by atoms with van der Waals surface area (Å²) in [6.45, 7) is 0.117. The van der Waals surface area contributed by atoms with Crippen molar-refractivity contribution in [1.29, 1.82) is 0 Å². The number of nitrogens with zero attached hydrogens (tertiary/aromatic N) is 1. The summed E-state index contributed by atoms with van der Waals surface area (Å²) in [4.78, 5) is -0.00585. The van der Waals surface area contributed by atoms with Crippen LogP contribution in [0.1, 0.15) is 5.69 Å². The molecule has 5 nitrogen and oxygen atoms in total. The maximum absolute atomic E-state index is 11.9. The molecule has 0 aliphatic carbocycles. The number of thiophene rings is 1. The quantitative estimate of drug-likeness (QED) is 0.909. The smallest absolute Gasteiger partial charge is 0.243 e. The lowest BCUT2D eigenvalue weighted by molar-refractivity contribution is 0.581. The van der Waals surface area contributed by atoms with E-state index in [0.29, 0.717) is 10.0 Å². The van der Waals surface area contributed by atoms with Gasteiger partial charge in [0.2, 0.25) is 10.0 Å². The highest BCUT2D eigenvalue weighted by Gasteiger charge is 2.20. The molecule has 0 saturated heterocycles. The van der Waals surface area contributed by atoms with Gasteiger partial charge in [0.1, 0.15) is 9.23 Å². The number of halogens is 2. The van der Waals surface area contributed by atoms with Gasteiger partial charge in [-0.1, -0.05) is 23.2 Å². The van der Waals surface area contributed by atoms with Gasteiger partial charge >= 0.3 is 0 Å². The minimum Gasteiger partial charge on any atom is -0.281 e. The molecule has 0 atom stereocenters. The van der Waals surface area contributed by atoms with Crippen molar-refractivity contribution in [3.63, 3.8) is 0 Å². The predicted octanol–water partition coefficient (Wildman–Crippen LogP) is 2.26. The summed E-state index contributed by atoms with van der Waals surface area (Å²) >= 11 is 12.5. The zero-order valence-corrected chi connectivity index (χ0v) is 11.4. The highest BCUT2D eigenvalue weighted by atomic mass is 35.5. The first-order chi connectivity index (χ1) is 7.99. The van der Waals surface area contributed by atoms with Gasteiger partial charge < -0.3 is 0 Å². The molecule has 0 aliphatic heterocycles. The second-order valence-electron chi connectivity index (χ2n) is 3.09. The molecule has 2 aromatic rings. The molecule has 0 bridgehead atoms. The Balaban J connectivity index is 2.17. The maximum Gasteiger partial charge on any atom is 0.243 e. The molecule has 92 valence electrons. The van der Waals surface area contributed by atoms with Crippen LogP contribution in [-0.2, 0) is 16.6 Å². The fourth-order valence-electron chi connectivity index (χ4n) is 1.14. The van der Waals surface area contributed by atoms with Crippen LogP contribution in [0, 0.1) is 0 Å². The Morgan fingerprint density at radius 1 is 1.47 bits per heavy atom. The van der Waals surface area contributed by atoms with Crippen LogP contribution in [0.5, 0.6) is 0 Å². The Labute approximate surface area is 112 Å². The summed E-state index contributed by atoms with van der Waals surface area (Å²) in [5.74, 6) is 0. The van der Waals surface area contributed by atoms with E-state index in [0.717, 1.165) is 11.3 Å². The molecule has 2 aromatic heterocycles. The van der Waals surface area contributed by atoms with Crippen LogP contribution in [0.25, 0.3) is 0 Å². The Bertz CT molecular complexity index is 607. The SMILES string of the molecule is O=S(=O)(NCc1ccn[nH]1)c1cc(Cl)sc1Cl. The number of hydrogen-bond donors (Lipinski definition) is 2. The summed E-state index contributed by atoms with van der Waals surface area (Å²) in [5.41, 5.74) is 0.658. The Morgan fingerprint density at radius 2 is 2.24 bits per heavy atom. The lowest BCUT2D eigenvalue weighted by Crippen LogP contribution is -2.23. The molecule has 0 amide bonds. The summed E-state index contributed by atoms with van der Waals surface area (Å²) in [7, 11) is -3.65. The minimum absolute atomic E-state index is 0.00585. The second kappa shape index (κ2) is 4.95. The van der Waals surface area contributed by atoms with Gasteiger partial charge in [0.15, 0.2) is 0 Å². The molecule has 0 fully saturated rings. The number of H-pyrrole nitrogens is 1. The topological polar surface area (TPSA) is 74.8 Å². The van der Waals surface area contributed by atoms with Crippen LogP contribution in [-0.4, -0.2) is 18.6 Å². The maximum atomic E-state index is 11.9. The Kier molecular flexibility index (Phi) is 3.74. The number of aromatic amines is 1. The van der Waals surface area contributed by atoms with Crippen molar-refractivity contribution < 1.29 is 8.42 Å². The molecule has 9 heteroatoms. The van der Waals surface area contributed by atoms with E-state index in [1.165, 1.54) is 12.3 Å². The number of aromatic nitrogens is 2. The van der Waals surface area contributed by atoms with Gasteiger partial charge in [-0.25, -0.2) is 13.1 Å². The van der Waals surface area contributed by atoms with Gasteiger partial charge in [-0.3, -0.25) is 5.10 Å². The van der Waals surface area contributed by atoms with E-state index < -0.39 is 10.0 Å². The van der Waals surface area contributed by atoms with E-state index in [2.05, 4.69) is 14.9 Å². The van der Waals surface area contributed by atoms with E-state index in [1.807, 2.05) is 0 Å². The minimum atomic E-state index is -3.65. The van der Waals surface area contributed by atoms with Crippen LogP contribution in [0.3, 0.4) is 0 Å². The third kappa shape index (κ3) is 2.99. The normalized spacial score (nSPS) is 11.9. The van der Waals surface area contributed by atoms with Crippen LogP contribution >= 0.6 is 34.5 Å². The zero-order valence-electron chi connectivity index (χ0n) is 8.28. The van der Waals surface area contributed by atoms with Crippen molar-refractivity contribution in [2.24, 2.45) is 0 Å². The van der Waals surface area contributed by atoms with Gasteiger partial charge in [-0.05, 0) is 12.1 Å². The number of hydrogen-bond acceptors (Lipinski definition) is 4. The lowest BCUT2D eigenvalue weighted by atomic mass is 10.4. The standard InChI is InChI=1S/C8H7Cl2N3O2S2/c9-7-3-6(8(10)16-7)17(14,15)12-4-5-1-2-11-13-5/h1-3,12H,4H2,(H,11,13). The third-order valence-corrected chi connectivity index (χ3v) is 5.08. The molecule has 0 aliphatic rings. The van der Waals surface area contributed by atoms with Crippen molar-refractivity contribution >= 4 is 44.6 Å². The van der Waals surface area contributed by atoms with Crippen molar-refractivity contribution in [2.75, 3.05) is 0 Å². The van der Waals surface area contributed by atoms with E-state index >= 15 is 0 Å². The number of sulfonamides is 1. The molecule has 17 heavy (non-hydrogen) atoms. The predicted molar refractivity (Wildman–Crippen MR) is 67.0 cm³/mol. The van der Waals surface area contributed by atoms with Crippen LogP contribution < -0.4 is 4.72 Å². The molecule has 0 aromatic carbocycles. The van der Waals surface area contributed by atoms with Crippen molar-refractivity contribution in [1.82, 2.24) is 14.9 Å². The highest BCUT2D eigenvalue weighted by molar-refractivity contribution is 7.89. The molecule has 0 saturated carbocycles. The third-order valence-electron chi connectivity index (χ3n) is 1.93. The summed E-state index contributed by atoms with van der Waals surface area (Å²) in [5, 5.41) is 6.36. The van der Waals surface area contributed by atoms with Gasteiger partial charge in [0.25, 0.3) is 0 Å². The summed E-state index contributed by atoms with van der Waals surface area (Å²) in [6, 6.07) is 2.99. The van der Waals surface area contributed by atoms with Gasteiger partial charge in [-0.15, -0.1) is 11.3 Å². The van der Waals surface area contributed by atoms with Gasteiger partial charge in [0.05, 0.1) is 16.6 Å². The summed E-state index contributed by atoms with van der Waals surface area (Å²) in [6.07, 6.45) is 1.54. The first-order valence-corrected chi connectivity index (χ1v) is 7.47. The monoisotopic (exact) mass is 311 g/mol. The first-order valence-electron chi connectivity index (χ1n) is 4.42. The van der Waals surface area contributed by atoms with Crippen LogP contribution in [0.15, 0.2) is 23.2 Å². The largest absolute Gasteiger partial charge is 0.281 e. The molecular formula is C8H7Cl2N3O2S2. The fourth-order valence-corrected chi connectivity index (χ4v) is 4.30. The van der Waals surface area contributed by atoms with E-state index in [9.17, 15) is 8.42 Å². The highest BCUT2D eigenvalue weighted by Crippen LogP contribution is 2.34. The van der Waals surface area contributed by atoms with Crippen molar-refractivity contribution in [3.8, 4) is 0 Å². The molecule has 2 N–H and O–H groups in total. The van der Waals surface area contributed by atoms with Crippen LogP contribution in [0.4, 0.5) is 0 Å². The molecule has 0 radical (unpaired) electrons. The van der Waals surface area contributed by atoms with E-state index in [1.54, 1.807) is 6.07 Å². The molecular weight excluding hydrogens is 305 g/mol. The van der Waals surface area contributed by atoms with Gasteiger partial charge in [-0.2, -0.15) is 5.10 Å². The number of nitrogens with one attached hydrogen (secondary N) is 2.